The Labute approximate surface area is 108 Å². The molecule has 1 unspecified atom stereocenters. The third-order valence-corrected chi connectivity index (χ3v) is 3.27. The number of anilines is 1. The Morgan fingerprint density at radius 2 is 2.17 bits per heavy atom. The minimum atomic E-state index is -0.287. The maximum atomic E-state index is 11.7. The van der Waals surface area contributed by atoms with Gasteiger partial charge in [-0.1, -0.05) is 12.1 Å². The van der Waals surface area contributed by atoms with E-state index in [1.54, 1.807) is 6.07 Å². The lowest BCUT2D eigenvalue weighted by molar-refractivity contribution is 0.0602. The van der Waals surface area contributed by atoms with E-state index >= 15 is 0 Å². The van der Waals surface area contributed by atoms with Gasteiger partial charge in [-0.05, 0) is 44.5 Å². The molecule has 0 amide bonds. The summed E-state index contributed by atoms with van der Waals surface area (Å²) in [6, 6.07) is 7.94. The van der Waals surface area contributed by atoms with Crippen LogP contribution in [0, 0.1) is 0 Å². The van der Waals surface area contributed by atoms with E-state index in [0.29, 0.717) is 11.6 Å². The molecule has 2 N–H and O–H groups in total. The SMILES string of the molecule is COC(=O)c1ccccc1NC1CCCNCC1. The fourth-order valence-electron chi connectivity index (χ4n) is 2.28. The highest BCUT2D eigenvalue weighted by atomic mass is 16.5. The molecule has 1 aliphatic rings. The average molecular weight is 248 g/mol. The normalized spacial score (nSPS) is 19.9. The summed E-state index contributed by atoms with van der Waals surface area (Å²) in [5.41, 5.74) is 1.48. The highest BCUT2D eigenvalue weighted by Crippen LogP contribution is 2.19. The van der Waals surface area contributed by atoms with Crippen molar-refractivity contribution in [2.24, 2.45) is 0 Å². The summed E-state index contributed by atoms with van der Waals surface area (Å²) in [4.78, 5) is 11.7. The molecule has 1 heterocycles. The fraction of sp³-hybridized carbons (Fsp3) is 0.500. The van der Waals surface area contributed by atoms with E-state index in [0.717, 1.165) is 38.0 Å². The van der Waals surface area contributed by atoms with Crippen molar-refractivity contribution >= 4 is 11.7 Å². The first-order valence-corrected chi connectivity index (χ1v) is 6.46. The van der Waals surface area contributed by atoms with Crippen molar-refractivity contribution in [3.63, 3.8) is 0 Å². The van der Waals surface area contributed by atoms with Crippen LogP contribution in [0.2, 0.25) is 0 Å². The molecule has 1 fully saturated rings. The monoisotopic (exact) mass is 248 g/mol. The number of ether oxygens (including phenoxy) is 1. The third-order valence-electron chi connectivity index (χ3n) is 3.27. The molecule has 1 atom stereocenters. The van der Waals surface area contributed by atoms with Crippen LogP contribution in [-0.4, -0.2) is 32.2 Å². The number of carbonyl (C=O) groups excluding carboxylic acids is 1. The fourth-order valence-corrected chi connectivity index (χ4v) is 2.28. The van der Waals surface area contributed by atoms with E-state index < -0.39 is 0 Å². The number of hydrogen-bond acceptors (Lipinski definition) is 4. The van der Waals surface area contributed by atoms with E-state index in [1.165, 1.54) is 7.11 Å². The summed E-state index contributed by atoms with van der Waals surface area (Å²) >= 11 is 0. The molecule has 0 bridgehead atoms. The number of hydrogen-bond donors (Lipinski definition) is 2. The Hall–Kier alpha value is -1.55. The first-order chi connectivity index (χ1) is 8.81. The van der Waals surface area contributed by atoms with Crippen molar-refractivity contribution in [1.82, 2.24) is 5.32 Å². The predicted molar refractivity (Wildman–Crippen MR) is 71.9 cm³/mol. The standard InChI is InChI=1S/C14H20N2O2/c1-18-14(17)12-6-2-3-7-13(12)16-11-5-4-9-15-10-8-11/h2-3,6-7,11,15-16H,4-5,8-10H2,1H3. The highest BCUT2D eigenvalue weighted by molar-refractivity contribution is 5.95. The number of esters is 1. The Morgan fingerprint density at radius 3 is 3.00 bits per heavy atom. The van der Waals surface area contributed by atoms with Gasteiger partial charge in [0.05, 0.1) is 12.7 Å². The summed E-state index contributed by atoms with van der Waals surface area (Å²) < 4.78 is 4.80. The molecule has 0 spiro atoms. The van der Waals surface area contributed by atoms with Gasteiger partial charge in [-0.3, -0.25) is 0 Å². The van der Waals surface area contributed by atoms with Crippen molar-refractivity contribution in [3.8, 4) is 0 Å². The summed E-state index contributed by atoms with van der Waals surface area (Å²) in [5, 5.41) is 6.84. The minimum Gasteiger partial charge on any atom is -0.465 e. The maximum Gasteiger partial charge on any atom is 0.339 e. The van der Waals surface area contributed by atoms with Crippen molar-refractivity contribution in [2.45, 2.75) is 25.3 Å². The van der Waals surface area contributed by atoms with E-state index in [1.807, 2.05) is 18.2 Å². The average Bonchev–Trinajstić information content (AvgIpc) is 2.67. The van der Waals surface area contributed by atoms with Crippen molar-refractivity contribution in [2.75, 3.05) is 25.5 Å². The lowest BCUT2D eigenvalue weighted by Crippen LogP contribution is -2.22. The second kappa shape index (κ2) is 6.40. The largest absolute Gasteiger partial charge is 0.465 e. The molecule has 4 heteroatoms. The van der Waals surface area contributed by atoms with Gasteiger partial charge < -0.3 is 15.4 Å². The Balaban J connectivity index is 2.10. The molecule has 1 aromatic carbocycles. The zero-order valence-corrected chi connectivity index (χ0v) is 10.7. The first kappa shape index (κ1) is 12.9. The summed E-state index contributed by atoms with van der Waals surface area (Å²) in [7, 11) is 1.41. The number of carbonyl (C=O) groups is 1. The smallest absolute Gasteiger partial charge is 0.339 e. The van der Waals surface area contributed by atoms with E-state index in [2.05, 4.69) is 10.6 Å². The van der Waals surface area contributed by atoms with Crippen LogP contribution in [0.4, 0.5) is 5.69 Å². The summed E-state index contributed by atoms with van der Waals surface area (Å²) in [5.74, 6) is -0.287. The second-order valence-corrected chi connectivity index (χ2v) is 4.56. The molecule has 1 saturated heterocycles. The van der Waals surface area contributed by atoms with Crippen molar-refractivity contribution in [3.05, 3.63) is 29.8 Å². The summed E-state index contributed by atoms with van der Waals surface area (Å²) in [6.45, 7) is 2.11. The van der Waals surface area contributed by atoms with E-state index in [-0.39, 0.29) is 5.97 Å². The zero-order valence-electron chi connectivity index (χ0n) is 10.7. The van der Waals surface area contributed by atoms with Gasteiger partial charge in [-0.2, -0.15) is 0 Å². The molecule has 0 radical (unpaired) electrons. The number of rotatable bonds is 3. The van der Waals surface area contributed by atoms with Crippen molar-refractivity contribution in [1.29, 1.82) is 0 Å². The molecule has 2 rings (SSSR count). The van der Waals surface area contributed by atoms with Crippen LogP contribution in [0.1, 0.15) is 29.6 Å². The second-order valence-electron chi connectivity index (χ2n) is 4.56. The Bertz CT molecular complexity index is 399. The van der Waals surface area contributed by atoms with E-state index in [9.17, 15) is 4.79 Å². The van der Waals surface area contributed by atoms with Gasteiger partial charge in [0.2, 0.25) is 0 Å². The van der Waals surface area contributed by atoms with Crippen LogP contribution in [0.25, 0.3) is 0 Å². The number of nitrogens with one attached hydrogen (secondary N) is 2. The van der Waals surface area contributed by atoms with Crippen LogP contribution in [0.5, 0.6) is 0 Å². The minimum absolute atomic E-state index is 0.287. The van der Waals surface area contributed by atoms with Crippen LogP contribution >= 0.6 is 0 Å². The van der Waals surface area contributed by atoms with Crippen LogP contribution in [0.3, 0.4) is 0 Å². The first-order valence-electron chi connectivity index (χ1n) is 6.46. The molecular weight excluding hydrogens is 228 g/mol. The highest BCUT2D eigenvalue weighted by Gasteiger charge is 2.16. The molecule has 1 aromatic rings. The Morgan fingerprint density at radius 1 is 1.33 bits per heavy atom. The van der Waals surface area contributed by atoms with Gasteiger partial charge in [-0.15, -0.1) is 0 Å². The van der Waals surface area contributed by atoms with Crippen molar-refractivity contribution < 1.29 is 9.53 Å². The predicted octanol–water partition coefficient (Wildman–Crippen LogP) is 2.03. The number of methoxy groups -OCH3 is 1. The molecule has 0 aromatic heterocycles. The quantitative estimate of drug-likeness (QED) is 0.804. The van der Waals surface area contributed by atoms with Crippen LogP contribution in [-0.2, 0) is 4.74 Å². The maximum absolute atomic E-state index is 11.7. The molecule has 4 nitrogen and oxygen atoms in total. The van der Waals surface area contributed by atoms with Gasteiger partial charge in [0, 0.05) is 11.7 Å². The van der Waals surface area contributed by atoms with Gasteiger partial charge >= 0.3 is 5.97 Å². The molecule has 18 heavy (non-hydrogen) atoms. The lowest BCUT2D eigenvalue weighted by Gasteiger charge is -2.19. The summed E-state index contributed by atoms with van der Waals surface area (Å²) in [6.07, 6.45) is 3.37. The molecule has 98 valence electrons. The number of benzene rings is 1. The number of para-hydroxylation sites is 1. The molecule has 1 aliphatic heterocycles. The Kier molecular flexibility index (Phi) is 4.59. The van der Waals surface area contributed by atoms with Crippen LogP contribution < -0.4 is 10.6 Å². The van der Waals surface area contributed by atoms with Gasteiger partial charge in [0.15, 0.2) is 0 Å². The topological polar surface area (TPSA) is 50.4 Å². The molecule has 0 aliphatic carbocycles. The molecule has 0 saturated carbocycles. The zero-order chi connectivity index (χ0) is 12.8. The third kappa shape index (κ3) is 3.23. The lowest BCUT2D eigenvalue weighted by atomic mass is 10.1. The van der Waals surface area contributed by atoms with Gasteiger partial charge in [0.1, 0.15) is 0 Å². The van der Waals surface area contributed by atoms with Gasteiger partial charge in [0.25, 0.3) is 0 Å². The molecular formula is C14H20N2O2. The van der Waals surface area contributed by atoms with Crippen LogP contribution in [0.15, 0.2) is 24.3 Å². The van der Waals surface area contributed by atoms with Gasteiger partial charge in [-0.25, -0.2) is 4.79 Å². The van der Waals surface area contributed by atoms with E-state index in [4.69, 9.17) is 4.74 Å².